The molecule has 0 aromatic carbocycles. The molecule has 0 radical (unpaired) electrons. The summed E-state index contributed by atoms with van der Waals surface area (Å²) in [7, 11) is 0. The molecule has 0 amide bonds. The molecule has 2 aliphatic rings. The number of aromatic nitrogens is 6. The van der Waals surface area contributed by atoms with Gasteiger partial charge in [-0.15, -0.1) is 15.2 Å². The van der Waals surface area contributed by atoms with Crippen molar-refractivity contribution < 1.29 is 0 Å². The zero-order valence-electron chi connectivity index (χ0n) is 16.2. The fourth-order valence-electron chi connectivity index (χ4n) is 3.82. The van der Waals surface area contributed by atoms with E-state index in [0.29, 0.717) is 55.2 Å². The van der Waals surface area contributed by atoms with Gasteiger partial charge >= 0.3 is 0 Å². The molecule has 2 aliphatic carbocycles. The van der Waals surface area contributed by atoms with Crippen LogP contribution in [0.25, 0.3) is 39.0 Å². The van der Waals surface area contributed by atoms with E-state index in [1.54, 1.807) is 21.4 Å². The monoisotopic (exact) mass is 414 g/mol. The van der Waals surface area contributed by atoms with Gasteiger partial charge in [-0.2, -0.15) is 16.8 Å². The topological polar surface area (TPSA) is 113 Å². The number of pyridine rings is 2. The molecule has 10 nitrogen and oxygen atoms in total. The first-order valence-electron chi connectivity index (χ1n) is 9.51. The Labute approximate surface area is 178 Å². The first kappa shape index (κ1) is 17.6. The molecule has 0 unspecified atom stereocenters. The van der Waals surface area contributed by atoms with E-state index in [1.165, 1.54) is 0 Å². The van der Waals surface area contributed by atoms with Crippen molar-refractivity contribution in [2.45, 2.75) is 0 Å². The van der Waals surface area contributed by atoms with Gasteiger partial charge in [0, 0.05) is 28.4 Å². The van der Waals surface area contributed by atoms with Crippen molar-refractivity contribution in [2.75, 3.05) is 0 Å². The predicted molar refractivity (Wildman–Crippen MR) is 111 cm³/mol. The Morgan fingerprint density at radius 1 is 0.844 bits per heavy atom. The summed E-state index contributed by atoms with van der Waals surface area (Å²) in [5.74, 6) is 0.868. The lowest BCUT2D eigenvalue weighted by atomic mass is 10.2. The maximum Gasteiger partial charge on any atom is 0.206 e. The molecule has 4 aromatic rings. The van der Waals surface area contributed by atoms with Gasteiger partial charge in [-0.1, -0.05) is 12.1 Å². The average Bonchev–Trinajstić information content (AvgIpc) is 3.56. The molecule has 10 heteroatoms. The maximum absolute atomic E-state index is 9.34. The first-order chi connectivity index (χ1) is 15.8. The van der Waals surface area contributed by atoms with Crippen molar-refractivity contribution in [1.82, 2.24) is 29.2 Å². The van der Waals surface area contributed by atoms with E-state index in [1.807, 2.05) is 54.7 Å². The van der Waals surface area contributed by atoms with Gasteiger partial charge in [0.2, 0.25) is 6.19 Å². The van der Waals surface area contributed by atoms with E-state index in [2.05, 4.69) is 35.2 Å². The van der Waals surface area contributed by atoms with Gasteiger partial charge < -0.3 is 0 Å². The minimum Gasteiger partial charge on any atom is -0.221 e. The molecule has 0 aliphatic heterocycles. The van der Waals surface area contributed by atoms with Crippen molar-refractivity contribution in [3.8, 4) is 29.0 Å². The molecule has 0 saturated carbocycles. The summed E-state index contributed by atoms with van der Waals surface area (Å²) in [6, 6.07) is 14.8. The smallest absolute Gasteiger partial charge is 0.206 e. The summed E-state index contributed by atoms with van der Waals surface area (Å²) in [6.45, 7) is 7.31. The summed E-state index contributed by atoms with van der Waals surface area (Å²) < 4.78 is 3.31. The van der Waals surface area contributed by atoms with Crippen molar-refractivity contribution in [1.29, 1.82) is 5.26 Å². The van der Waals surface area contributed by atoms with Crippen LogP contribution in [0.4, 0.5) is 0 Å². The lowest BCUT2D eigenvalue weighted by Gasteiger charge is -1.90. The minimum atomic E-state index is 0.426. The van der Waals surface area contributed by atoms with Gasteiger partial charge in [0.1, 0.15) is 0 Å². The Balaban J connectivity index is 1.66. The molecule has 4 heterocycles. The molecular weight excluding hydrogens is 404 g/mol. The summed E-state index contributed by atoms with van der Waals surface area (Å²) in [5.41, 5.74) is 2.54. The highest BCUT2D eigenvalue weighted by Gasteiger charge is 2.19. The van der Waals surface area contributed by atoms with Crippen LogP contribution in [0.1, 0.15) is 0 Å². The molecule has 0 N–H and O–H groups in total. The van der Waals surface area contributed by atoms with Gasteiger partial charge in [-0.3, -0.25) is 0 Å². The first-order valence-corrected chi connectivity index (χ1v) is 9.51. The summed E-state index contributed by atoms with van der Waals surface area (Å²) in [5, 5.41) is 24.5. The van der Waals surface area contributed by atoms with Gasteiger partial charge in [0.25, 0.3) is 0 Å². The third kappa shape index (κ3) is 2.51. The van der Waals surface area contributed by atoms with E-state index in [-0.39, 0.29) is 0 Å². The van der Waals surface area contributed by atoms with Crippen LogP contribution in [0.5, 0.6) is 0 Å². The number of nitriles is 1. The van der Waals surface area contributed by atoms with E-state index < -0.39 is 0 Å². The maximum atomic E-state index is 9.34. The van der Waals surface area contributed by atoms with Gasteiger partial charge in [0.15, 0.2) is 28.3 Å². The van der Waals surface area contributed by atoms with Crippen LogP contribution in [-0.2, 0) is 0 Å². The number of hydrogen-bond acceptors (Lipinski definition) is 7. The largest absolute Gasteiger partial charge is 0.221 e. The van der Waals surface area contributed by atoms with Gasteiger partial charge in [-0.05, 0) is 36.4 Å². The molecular formula is C22H10N10. The third-order valence-electron chi connectivity index (χ3n) is 5.16. The molecule has 32 heavy (non-hydrogen) atoms. The van der Waals surface area contributed by atoms with Crippen LogP contribution >= 0.6 is 0 Å². The van der Waals surface area contributed by atoms with Crippen molar-refractivity contribution in [2.24, 2.45) is 10.1 Å². The van der Waals surface area contributed by atoms with Crippen LogP contribution in [0.3, 0.4) is 0 Å². The second-order valence-corrected chi connectivity index (χ2v) is 6.93. The van der Waals surface area contributed by atoms with Gasteiger partial charge in [-0.25, -0.2) is 19.0 Å². The van der Waals surface area contributed by atoms with Gasteiger partial charge in [0.05, 0.1) is 16.0 Å². The summed E-state index contributed by atoms with van der Waals surface area (Å²) >= 11 is 0. The number of fused-ring (bicyclic) bond motifs is 2. The van der Waals surface area contributed by atoms with Crippen LogP contribution in [0, 0.1) is 28.5 Å². The van der Waals surface area contributed by atoms with Crippen LogP contribution in [-0.4, -0.2) is 29.2 Å². The quantitative estimate of drug-likeness (QED) is 0.244. The zero-order chi connectivity index (χ0) is 21.7. The second kappa shape index (κ2) is 6.65. The highest BCUT2D eigenvalue weighted by molar-refractivity contribution is 5.64. The molecule has 0 atom stereocenters. The van der Waals surface area contributed by atoms with E-state index in [9.17, 15) is 5.26 Å². The molecule has 0 fully saturated rings. The Bertz CT molecular complexity index is 1710. The fraction of sp³-hybridized carbons (Fsp3) is 0. The second-order valence-electron chi connectivity index (χ2n) is 6.93. The van der Waals surface area contributed by atoms with E-state index >= 15 is 0 Å². The molecule has 148 valence electrons. The minimum absolute atomic E-state index is 0.426. The normalized spacial score (nSPS) is 12.7. The number of nitrogens with zero attached hydrogens (tertiary/aromatic N) is 10. The molecule has 0 bridgehead atoms. The van der Waals surface area contributed by atoms with Crippen molar-refractivity contribution in [3.05, 3.63) is 93.6 Å². The Kier molecular flexibility index (Phi) is 3.66. The number of hydrogen-bond donors (Lipinski definition) is 0. The lowest BCUT2D eigenvalue weighted by molar-refractivity contribution is 0.964. The van der Waals surface area contributed by atoms with Crippen LogP contribution in [0.15, 0.2) is 71.0 Å². The fourth-order valence-corrected chi connectivity index (χ4v) is 3.82. The van der Waals surface area contributed by atoms with E-state index in [0.717, 1.165) is 0 Å². The SMILES string of the molecule is [C-]#[N+]/N=c1\c(-c2nc3ccccn3n2)cc2c(=NC#N)c(-c3nc4ccccn4n3)cc1=2. The summed E-state index contributed by atoms with van der Waals surface area (Å²) in [4.78, 5) is 16.4. The Morgan fingerprint density at radius 3 is 1.94 bits per heavy atom. The highest BCUT2D eigenvalue weighted by Crippen LogP contribution is 2.19. The lowest BCUT2D eigenvalue weighted by Crippen LogP contribution is -2.04. The third-order valence-corrected chi connectivity index (χ3v) is 5.16. The van der Waals surface area contributed by atoms with Crippen molar-refractivity contribution >= 4 is 11.3 Å². The van der Waals surface area contributed by atoms with E-state index in [4.69, 9.17) is 6.57 Å². The molecule has 4 aromatic heterocycles. The average molecular weight is 414 g/mol. The molecule has 0 spiro atoms. The van der Waals surface area contributed by atoms with Crippen LogP contribution < -0.4 is 10.7 Å². The molecule has 0 saturated heterocycles. The summed E-state index contributed by atoms with van der Waals surface area (Å²) in [6.07, 6.45) is 5.45. The molecule has 6 rings (SSSR count). The Morgan fingerprint density at radius 2 is 1.41 bits per heavy atom. The number of rotatable bonds is 2. The standard InChI is InChI=1S/C22H10N10/c1-24-28-20-14-11-15(21-26-17-6-2-4-8-31(17)29-21)19(25-12-23)13(14)10-16(20)22-27-18-7-3-5-9-32(18)30-22/h2-11H/b25-19?,28-20-. The zero-order valence-corrected chi connectivity index (χ0v) is 16.2. The van der Waals surface area contributed by atoms with Crippen molar-refractivity contribution in [3.63, 3.8) is 0 Å². The Hall–Kier alpha value is -5.22. The van der Waals surface area contributed by atoms with Crippen LogP contribution in [0.2, 0.25) is 0 Å². The highest BCUT2D eigenvalue weighted by atomic mass is 15.3. The predicted octanol–water partition coefficient (Wildman–Crippen LogP) is 1.82.